The second-order valence-corrected chi connectivity index (χ2v) is 7.18. The van der Waals surface area contributed by atoms with Crippen LogP contribution in [-0.2, 0) is 9.53 Å². The molecule has 2 fully saturated rings. The van der Waals surface area contributed by atoms with Crippen molar-refractivity contribution in [2.45, 2.75) is 57.4 Å². The molecule has 0 spiro atoms. The molecular formula is C17H32N2O2. The van der Waals surface area contributed by atoms with Gasteiger partial charge in [0.15, 0.2) is 0 Å². The highest BCUT2D eigenvalue weighted by molar-refractivity contribution is 5.80. The summed E-state index contributed by atoms with van der Waals surface area (Å²) in [5, 5.41) is 3.11. The predicted octanol–water partition coefficient (Wildman–Crippen LogP) is 2.43. The number of methoxy groups -OCH3 is 1. The summed E-state index contributed by atoms with van der Waals surface area (Å²) in [5.74, 6) is 1.79. The Bertz CT molecular complexity index is 326. The van der Waals surface area contributed by atoms with Gasteiger partial charge in [-0.1, -0.05) is 0 Å². The summed E-state index contributed by atoms with van der Waals surface area (Å²) in [6.45, 7) is 5.73. The van der Waals surface area contributed by atoms with E-state index < -0.39 is 5.54 Å². The molecule has 2 aliphatic rings. The van der Waals surface area contributed by atoms with Gasteiger partial charge in [-0.05, 0) is 77.3 Å². The van der Waals surface area contributed by atoms with Crippen LogP contribution in [0.2, 0.25) is 0 Å². The summed E-state index contributed by atoms with van der Waals surface area (Å²) in [4.78, 5) is 14.5. The van der Waals surface area contributed by atoms with Crippen LogP contribution in [0, 0.1) is 11.8 Å². The van der Waals surface area contributed by atoms with Gasteiger partial charge in [0, 0.05) is 13.1 Å². The van der Waals surface area contributed by atoms with Gasteiger partial charge in [0.1, 0.15) is 5.54 Å². The molecule has 21 heavy (non-hydrogen) atoms. The standard InChI is InChI=1S/C17H32N2O2/c1-17(18-2,16(20)21-3)10-4-5-11-19(12-14-6-7-14)13-15-8-9-15/h14-15,18H,4-13H2,1-3H3. The molecule has 0 aromatic rings. The molecule has 0 bridgehead atoms. The minimum atomic E-state index is -0.535. The van der Waals surface area contributed by atoms with E-state index in [9.17, 15) is 4.79 Å². The lowest BCUT2D eigenvalue weighted by Gasteiger charge is -2.27. The van der Waals surface area contributed by atoms with Crippen molar-refractivity contribution < 1.29 is 9.53 Å². The van der Waals surface area contributed by atoms with E-state index in [1.807, 2.05) is 14.0 Å². The van der Waals surface area contributed by atoms with Crippen LogP contribution in [0.5, 0.6) is 0 Å². The van der Waals surface area contributed by atoms with Crippen LogP contribution in [0.15, 0.2) is 0 Å². The molecule has 0 radical (unpaired) electrons. The average molecular weight is 296 g/mol. The summed E-state index contributed by atoms with van der Waals surface area (Å²) in [7, 11) is 3.30. The van der Waals surface area contributed by atoms with Crippen molar-refractivity contribution in [3.05, 3.63) is 0 Å². The summed E-state index contributed by atoms with van der Waals surface area (Å²) >= 11 is 0. The van der Waals surface area contributed by atoms with E-state index in [0.29, 0.717) is 0 Å². The second kappa shape index (κ2) is 7.59. The topological polar surface area (TPSA) is 41.6 Å². The first-order valence-electron chi connectivity index (χ1n) is 8.57. The molecule has 1 atom stereocenters. The molecule has 0 amide bonds. The van der Waals surface area contributed by atoms with Crippen LogP contribution in [0.25, 0.3) is 0 Å². The van der Waals surface area contributed by atoms with E-state index in [0.717, 1.165) is 24.7 Å². The Labute approximate surface area is 129 Å². The number of rotatable bonds is 11. The monoisotopic (exact) mass is 296 g/mol. The number of unbranched alkanes of at least 4 members (excludes halogenated alkanes) is 1. The van der Waals surface area contributed by atoms with Crippen LogP contribution in [0.1, 0.15) is 51.9 Å². The Hall–Kier alpha value is -0.610. The van der Waals surface area contributed by atoms with Crippen molar-refractivity contribution in [3.8, 4) is 0 Å². The number of carbonyl (C=O) groups is 1. The molecule has 4 nitrogen and oxygen atoms in total. The zero-order valence-electron chi connectivity index (χ0n) is 14.0. The number of nitrogens with one attached hydrogen (secondary N) is 1. The van der Waals surface area contributed by atoms with Crippen molar-refractivity contribution in [2.75, 3.05) is 33.8 Å². The van der Waals surface area contributed by atoms with Gasteiger partial charge in [0.25, 0.3) is 0 Å². The molecule has 2 aliphatic carbocycles. The maximum absolute atomic E-state index is 11.8. The maximum atomic E-state index is 11.8. The number of hydrogen-bond acceptors (Lipinski definition) is 4. The first-order valence-corrected chi connectivity index (χ1v) is 8.57. The number of esters is 1. The first kappa shape index (κ1) is 16.8. The largest absolute Gasteiger partial charge is 0.468 e. The van der Waals surface area contributed by atoms with Crippen molar-refractivity contribution >= 4 is 5.97 Å². The van der Waals surface area contributed by atoms with Crippen LogP contribution in [0.3, 0.4) is 0 Å². The fraction of sp³-hybridized carbons (Fsp3) is 0.941. The molecule has 2 saturated carbocycles. The Morgan fingerprint density at radius 1 is 1.19 bits per heavy atom. The lowest BCUT2D eigenvalue weighted by molar-refractivity contribution is -0.148. The number of nitrogens with zero attached hydrogens (tertiary/aromatic N) is 1. The first-order chi connectivity index (χ1) is 10.1. The Kier molecular flexibility index (Phi) is 6.06. The van der Waals surface area contributed by atoms with Gasteiger partial charge >= 0.3 is 5.97 Å². The molecule has 0 heterocycles. The Balaban J connectivity index is 1.66. The van der Waals surface area contributed by atoms with Gasteiger partial charge in [-0.2, -0.15) is 0 Å². The van der Waals surface area contributed by atoms with Crippen LogP contribution < -0.4 is 5.32 Å². The van der Waals surface area contributed by atoms with Gasteiger partial charge in [0.2, 0.25) is 0 Å². The number of likely N-dealkylation sites (N-methyl/N-ethyl adjacent to an activating group) is 1. The number of hydrogen-bond donors (Lipinski definition) is 1. The Morgan fingerprint density at radius 3 is 2.19 bits per heavy atom. The second-order valence-electron chi connectivity index (χ2n) is 7.18. The molecule has 1 N–H and O–H groups in total. The number of ether oxygens (including phenoxy) is 1. The van der Waals surface area contributed by atoms with E-state index in [2.05, 4.69) is 10.2 Å². The maximum Gasteiger partial charge on any atom is 0.325 e. The zero-order chi connectivity index (χ0) is 15.3. The number of carbonyl (C=O) groups excluding carboxylic acids is 1. The molecule has 0 saturated heterocycles. The van der Waals surface area contributed by atoms with Crippen LogP contribution >= 0.6 is 0 Å². The van der Waals surface area contributed by atoms with E-state index in [1.165, 1.54) is 58.8 Å². The van der Waals surface area contributed by atoms with E-state index in [1.54, 1.807) is 0 Å². The fourth-order valence-electron chi connectivity index (χ4n) is 2.96. The third kappa shape index (κ3) is 5.59. The lowest BCUT2D eigenvalue weighted by Crippen LogP contribution is -2.48. The van der Waals surface area contributed by atoms with Crippen LogP contribution in [-0.4, -0.2) is 50.2 Å². The summed E-state index contributed by atoms with van der Waals surface area (Å²) < 4.78 is 4.89. The zero-order valence-corrected chi connectivity index (χ0v) is 14.0. The summed E-state index contributed by atoms with van der Waals surface area (Å²) in [5.41, 5.74) is -0.535. The molecule has 122 valence electrons. The quantitative estimate of drug-likeness (QED) is 0.470. The third-order valence-electron chi connectivity index (χ3n) is 5.02. The normalized spacial score (nSPS) is 21.3. The Morgan fingerprint density at radius 2 is 1.76 bits per heavy atom. The van der Waals surface area contributed by atoms with Gasteiger partial charge in [-0.25, -0.2) is 0 Å². The SMILES string of the molecule is CNC(C)(CCCCN(CC1CC1)CC1CC1)C(=O)OC. The highest BCUT2D eigenvalue weighted by atomic mass is 16.5. The van der Waals surface area contributed by atoms with Crippen molar-refractivity contribution in [1.29, 1.82) is 0 Å². The third-order valence-corrected chi connectivity index (χ3v) is 5.02. The summed E-state index contributed by atoms with van der Waals surface area (Å²) in [6.07, 6.45) is 8.81. The molecular weight excluding hydrogens is 264 g/mol. The predicted molar refractivity (Wildman–Crippen MR) is 85.2 cm³/mol. The van der Waals surface area contributed by atoms with Gasteiger partial charge in [-0.3, -0.25) is 4.79 Å². The van der Waals surface area contributed by atoms with E-state index >= 15 is 0 Å². The minimum Gasteiger partial charge on any atom is -0.468 e. The average Bonchev–Trinajstić information content (AvgIpc) is 3.38. The van der Waals surface area contributed by atoms with E-state index in [4.69, 9.17) is 4.74 Å². The molecule has 1 unspecified atom stereocenters. The van der Waals surface area contributed by atoms with Crippen LogP contribution in [0.4, 0.5) is 0 Å². The van der Waals surface area contributed by atoms with Gasteiger partial charge < -0.3 is 15.0 Å². The summed E-state index contributed by atoms with van der Waals surface area (Å²) in [6, 6.07) is 0. The highest BCUT2D eigenvalue weighted by Gasteiger charge is 2.32. The molecule has 4 heteroatoms. The lowest BCUT2D eigenvalue weighted by atomic mass is 9.95. The fourth-order valence-corrected chi connectivity index (χ4v) is 2.96. The van der Waals surface area contributed by atoms with Crippen molar-refractivity contribution in [1.82, 2.24) is 10.2 Å². The highest BCUT2D eigenvalue weighted by Crippen LogP contribution is 2.33. The van der Waals surface area contributed by atoms with Gasteiger partial charge in [-0.15, -0.1) is 0 Å². The van der Waals surface area contributed by atoms with E-state index in [-0.39, 0.29) is 5.97 Å². The molecule has 0 aromatic carbocycles. The molecule has 0 aromatic heterocycles. The molecule has 2 rings (SSSR count). The minimum absolute atomic E-state index is 0.155. The van der Waals surface area contributed by atoms with Crippen molar-refractivity contribution in [2.24, 2.45) is 11.8 Å². The van der Waals surface area contributed by atoms with Crippen molar-refractivity contribution in [3.63, 3.8) is 0 Å². The smallest absolute Gasteiger partial charge is 0.325 e. The van der Waals surface area contributed by atoms with Gasteiger partial charge in [0.05, 0.1) is 7.11 Å². The molecule has 0 aliphatic heterocycles.